The summed E-state index contributed by atoms with van der Waals surface area (Å²) >= 11 is 0. The van der Waals surface area contributed by atoms with Gasteiger partial charge in [-0.2, -0.15) is 0 Å². The first-order valence-corrected chi connectivity index (χ1v) is 12.8. The second-order valence-electron chi connectivity index (χ2n) is 13.2. The fourth-order valence-electron chi connectivity index (χ4n) is 10.4. The minimum Gasteiger partial charge on any atom is -0.396 e. The Balaban J connectivity index is 1.57. The fourth-order valence-corrected chi connectivity index (χ4v) is 10.4. The van der Waals surface area contributed by atoms with Gasteiger partial charge in [-0.15, -0.1) is 0 Å². The summed E-state index contributed by atoms with van der Waals surface area (Å²) in [5.74, 6) is 1.34. The van der Waals surface area contributed by atoms with Gasteiger partial charge in [0.1, 0.15) is 0 Å². The molecule has 4 heteroatoms. The molecule has 0 aliphatic heterocycles. The molecule has 3 N–H and O–H groups in total. The Bertz CT molecular complexity index is 783. The molecule has 0 unspecified atom stereocenters. The summed E-state index contributed by atoms with van der Waals surface area (Å²) in [6.07, 6.45) is 12.1. The topological polar surface area (TPSA) is 55.7 Å². The molecule has 4 fully saturated rings. The van der Waals surface area contributed by atoms with Gasteiger partial charge in [-0.1, -0.05) is 32.9 Å². The zero-order chi connectivity index (χ0) is 22.6. The first kappa shape index (κ1) is 22.4. The van der Waals surface area contributed by atoms with Crippen molar-refractivity contribution in [1.82, 2.24) is 10.2 Å². The van der Waals surface area contributed by atoms with Crippen LogP contribution < -0.4 is 5.32 Å². The summed E-state index contributed by atoms with van der Waals surface area (Å²) in [7, 11) is 6.39. The number of fused-ring (bicyclic) bond motifs is 2. The van der Waals surface area contributed by atoms with E-state index in [1.54, 1.807) is 0 Å². The third kappa shape index (κ3) is 2.36. The van der Waals surface area contributed by atoms with Crippen molar-refractivity contribution < 1.29 is 10.2 Å². The van der Waals surface area contributed by atoms with Crippen molar-refractivity contribution in [3.8, 4) is 0 Å². The van der Waals surface area contributed by atoms with Crippen molar-refractivity contribution >= 4 is 0 Å². The highest BCUT2D eigenvalue weighted by Gasteiger charge is 2.82. The monoisotopic (exact) mass is 430 g/mol. The Morgan fingerprint density at radius 3 is 2.29 bits per heavy atom. The van der Waals surface area contributed by atoms with E-state index in [4.69, 9.17) is 0 Å². The van der Waals surface area contributed by atoms with Crippen molar-refractivity contribution in [3.63, 3.8) is 0 Å². The molecule has 2 spiro atoms. The van der Waals surface area contributed by atoms with E-state index in [9.17, 15) is 10.2 Å². The molecule has 0 heterocycles. The predicted octanol–water partition coefficient (Wildman–Crippen LogP) is 3.68. The number of aliphatic hydroxyl groups is 2. The van der Waals surface area contributed by atoms with Crippen molar-refractivity contribution in [1.29, 1.82) is 0 Å². The molecule has 11 atom stereocenters. The number of nitrogens with one attached hydrogen (secondary N) is 1. The van der Waals surface area contributed by atoms with Gasteiger partial charge in [0, 0.05) is 23.4 Å². The highest BCUT2D eigenvalue weighted by molar-refractivity contribution is 5.37. The van der Waals surface area contributed by atoms with Gasteiger partial charge >= 0.3 is 0 Å². The normalized spacial score (nSPS) is 58.3. The first-order valence-electron chi connectivity index (χ1n) is 12.8. The molecule has 5 aliphatic rings. The highest BCUT2D eigenvalue weighted by atomic mass is 16.3. The van der Waals surface area contributed by atoms with Crippen LogP contribution in [0.25, 0.3) is 0 Å². The number of allylic oxidation sites excluding steroid dienone is 2. The lowest BCUT2D eigenvalue weighted by Gasteiger charge is -2.61. The van der Waals surface area contributed by atoms with Crippen molar-refractivity contribution in [3.05, 3.63) is 12.2 Å². The third-order valence-corrected chi connectivity index (χ3v) is 12.5. The Labute approximate surface area is 189 Å². The number of aliphatic hydroxyl groups excluding tert-OH is 2. The molecule has 176 valence electrons. The van der Waals surface area contributed by atoms with Gasteiger partial charge in [-0.25, -0.2) is 0 Å². The molecule has 0 saturated heterocycles. The molecule has 0 amide bonds. The second kappa shape index (κ2) is 6.58. The van der Waals surface area contributed by atoms with Gasteiger partial charge in [0.15, 0.2) is 0 Å². The number of rotatable bonds is 4. The van der Waals surface area contributed by atoms with Crippen LogP contribution in [0.1, 0.15) is 66.2 Å². The third-order valence-electron chi connectivity index (χ3n) is 12.5. The van der Waals surface area contributed by atoms with Crippen molar-refractivity contribution in [2.75, 3.05) is 27.7 Å². The van der Waals surface area contributed by atoms with E-state index in [1.807, 2.05) is 0 Å². The molecule has 5 rings (SSSR count). The standard InChI is InChI=1S/C27H46N2O2/c1-17(29(6)7)22-18(31)14-25(4)20-9-8-19-23(2,16-30)21(28-5)10-11-26(19)15-27(20,26)13-12-24(22,25)3/h8-9,17-22,28,30-31H,10-16H2,1-7H3/t17-,18+,19-,20-,21-,22+,23+,24+,25-,26+,27-/m0/s1. The highest BCUT2D eigenvalue weighted by Crippen LogP contribution is 2.87. The van der Waals surface area contributed by atoms with E-state index >= 15 is 0 Å². The van der Waals surface area contributed by atoms with Crippen LogP contribution in [0.4, 0.5) is 0 Å². The molecular weight excluding hydrogens is 384 g/mol. The summed E-state index contributed by atoms with van der Waals surface area (Å²) in [5.41, 5.74) is 0.954. The predicted molar refractivity (Wildman–Crippen MR) is 126 cm³/mol. The Kier molecular flexibility index (Phi) is 4.75. The van der Waals surface area contributed by atoms with Crippen LogP contribution in [0.15, 0.2) is 12.2 Å². The number of hydrogen-bond acceptors (Lipinski definition) is 4. The molecule has 5 aliphatic carbocycles. The average molecular weight is 431 g/mol. The summed E-state index contributed by atoms with van der Waals surface area (Å²) in [6, 6.07) is 0.767. The first-order chi connectivity index (χ1) is 14.5. The number of nitrogens with zero attached hydrogens (tertiary/aromatic N) is 1. The minimum atomic E-state index is -0.217. The zero-order valence-electron chi connectivity index (χ0n) is 20.9. The van der Waals surface area contributed by atoms with E-state index in [0.717, 1.165) is 6.42 Å². The van der Waals surface area contributed by atoms with Crippen molar-refractivity contribution in [2.45, 2.75) is 84.4 Å². The molecular formula is C27H46N2O2. The minimum absolute atomic E-state index is 0.0865. The fraction of sp³-hybridized carbons (Fsp3) is 0.926. The molecule has 0 aromatic heterocycles. The smallest absolute Gasteiger partial charge is 0.0594 e. The zero-order valence-corrected chi connectivity index (χ0v) is 20.9. The molecule has 4 saturated carbocycles. The lowest BCUT2D eigenvalue weighted by atomic mass is 9.43. The van der Waals surface area contributed by atoms with E-state index in [2.05, 4.69) is 71.2 Å². The maximum atomic E-state index is 11.4. The van der Waals surface area contributed by atoms with Crippen LogP contribution in [0.2, 0.25) is 0 Å². The van der Waals surface area contributed by atoms with Gasteiger partial charge in [0.25, 0.3) is 0 Å². The molecule has 0 bridgehead atoms. The molecule has 31 heavy (non-hydrogen) atoms. The average Bonchev–Trinajstić information content (AvgIpc) is 3.33. The Morgan fingerprint density at radius 2 is 1.68 bits per heavy atom. The lowest BCUT2D eigenvalue weighted by Crippen LogP contribution is -2.59. The largest absolute Gasteiger partial charge is 0.396 e. The van der Waals surface area contributed by atoms with E-state index in [-0.39, 0.29) is 29.0 Å². The van der Waals surface area contributed by atoms with Crippen LogP contribution in [0.5, 0.6) is 0 Å². The van der Waals surface area contributed by atoms with Gasteiger partial charge in [0.05, 0.1) is 12.7 Å². The summed E-state index contributed by atoms with van der Waals surface area (Å²) in [5, 5.41) is 25.5. The maximum absolute atomic E-state index is 11.4. The second-order valence-corrected chi connectivity index (χ2v) is 13.2. The Hall–Kier alpha value is -0.420. The van der Waals surface area contributed by atoms with E-state index in [1.165, 1.54) is 32.1 Å². The Morgan fingerprint density at radius 1 is 1.03 bits per heavy atom. The van der Waals surface area contributed by atoms with E-state index in [0.29, 0.717) is 40.7 Å². The van der Waals surface area contributed by atoms with Crippen LogP contribution >= 0.6 is 0 Å². The van der Waals surface area contributed by atoms with Crippen LogP contribution in [-0.2, 0) is 0 Å². The van der Waals surface area contributed by atoms with Gasteiger partial charge in [-0.3, -0.25) is 0 Å². The van der Waals surface area contributed by atoms with Crippen LogP contribution in [-0.4, -0.2) is 61.1 Å². The van der Waals surface area contributed by atoms with Crippen molar-refractivity contribution in [2.24, 2.45) is 44.8 Å². The lowest BCUT2D eigenvalue weighted by molar-refractivity contribution is -0.111. The summed E-state index contributed by atoms with van der Waals surface area (Å²) < 4.78 is 0. The summed E-state index contributed by atoms with van der Waals surface area (Å²) in [4.78, 5) is 2.31. The maximum Gasteiger partial charge on any atom is 0.0594 e. The molecule has 4 nitrogen and oxygen atoms in total. The van der Waals surface area contributed by atoms with Crippen LogP contribution in [0.3, 0.4) is 0 Å². The molecule has 0 radical (unpaired) electrons. The van der Waals surface area contributed by atoms with Gasteiger partial charge in [-0.05, 0) is 100 Å². The van der Waals surface area contributed by atoms with Crippen LogP contribution in [0, 0.1) is 44.8 Å². The molecule has 0 aromatic rings. The van der Waals surface area contributed by atoms with Gasteiger partial charge < -0.3 is 20.4 Å². The van der Waals surface area contributed by atoms with E-state index < -0.39 is 0 Å². The van der Waals surface area contributed by atoms with Gasteiger partial charge in [0.2, 0.25) is 0 Å². The number of hydrogen-bond donors (Lipinski definition) is 3. The quantitative estimate of drug-likeness (QED) is 0.596. The molecule has 0 aromatic carbocycles. The summed E-state index contributed by atoms with van der Waals surface area (Å²) in [6.45, 7) is 9.91. The SMILES string of the molecule is CN[C@H]1CC[C@]23C[C@]24CC[C@]2(C)[C@H]([C@H](C)N(C)C)[C@H](O)C[C@@]2(C)[C@@H]4C=C[C@H]3[C@@]1(C)CO.